The van der Waals surface area contributed by atoms with E-state index in [2.05, 4.69) is 4.98 Å². The Morgan fingerprint density at radius 2 is 1.94 bits per heavy atom. The number of hydrogen-bond acceptors (Lipinski definition) is 8. The van der Waals surface area contributed by atoms with Crippen molar-refractivity contribution in [3.8, 4) is 5.75 Å². The summed E-state index contributed by atoms with van der Waals surface area (Å²) in [5.41, 5.74) is 0.0417. The molecule has 1 aliphatic rings. The van der Waals surface area contributed by atoms with Gasteiger partial charge in [0.2, 0.25) is 6.29 Å². The highest BCUT2D eigenvalue weighted by Gasteiger charge is 2.67. The smallest absolute Gasteiger partial charge is 0.374 e. The van der Waals surface area contributed by atoms with Gasteiger partial charge in [0.15, 0.2) is 0 Å². The van der Waals surface area contributed by atoms with Crippen molar-refractivity contribution >= 4 is 32.8 Å². The minimum absolute atomic E-state index is 0.0935. The molecule has 0 radical (unpaired) electrons. The number of ether oxygens (including phenoxy) is 1. The fourth-order valence-corrected chi connectivity index (χ4v) is 6.61. The highest BCUT2D eigenvalue weighted by Crippen LogP contribution is 2.79. The topological polar surface area (TPSA) is 152 Å². The lowest BCUT2D eigenvalue weighted by Crippen LogP contribution is -2.38. The molecule has 0 saturated carbocycles. The van der Waals surface area contributed by atoms with Gasteiger partial charge in [-0.2, -0.15) is 0 Å². The van der Waals surface area contributed by atoms with Gasteiger partial charge in [-0.15, -0.1) is 0 Å². The van der Waals surface area contributed by atoms with Crippen LogP contribution in [-0.4, -0.2) is 30.9 Å². The van der Waals surface area contributed by atoms with Crippen molar-refractivity contribution in [2.24, 2.45) is 0 Å². The van der Waals surface area contributed by atoms with Crippen LogP contribution in [0, 0.1) is 0 Å². The number of carbonyl (C=O) groups is 1. The molecular formula is C18H20ClNO9P2. The van der Waals surface area contributed by atoms with Crippen molar-refractivity contribution in [1.29, 1.82) is 0 Å². The molecule has 13 heteroatoms. The Labute approximate surface area is 182 Å². The zero-order valence-corrected chi connectivity index (χ0v) is 18.8. The average molecular weight is 492 g/mol. The standard InChI is InChI=1S/C18H20ClNO9P2/c1-2-4-16(21)27-15-7-6-13(19)9-14(15)17-28-30(23,24)18(22,31(25,26)29-17)10-12-5-3-8-20-11-12/h3,5-9,11,17,22H,2,4,10H2,1H3,(H,23,24)(H,25,26). The van der Waals surface area contributed by atoms with Gasteiger partial charge >= 0.3 is 21.2 Å². The molecule has 2 aromatic rings. The van der Waals surface area contributed by atoms with Gasteiger partial charge in [-0.3, -0.25) is 28.0 Å². The number of rotatable bonds is 6. The van der Waals surface area contributed by atoms with Crippen LogP contribution in [-0.2, 0) is 29.4 Å². The minimum atomic E-state index is -5.19. The molecule has 1 aromatic heterocycles. The maximum Gasteiger partial charge on any atom is 0.374 e. The molecule has 10 nitrogen and oxygen atoms in total. The first-order valence-corrected chi connectivity index (χ1v) is 12.7. The molecule has 1 saturated heterocycles. The lowest BCUT2D eigenvalue weighted by Gasteiger charge is -2.41. The Bertz CT molecular complexity index is 1040. The molecule has 3 rings (SSSR count). The van der Waals surface area contributed by atoms with Crippen LogP contribution in [0.2, 0.25) is 5.02 Å². The van der Waals surface area contributed by atoms with E-state index in [4.69, 9.17) is 25.4 Å². The molecule has 2 heterocycles. The summed E-state index contributed by atoms with van der Waals surface area (Å²) in [5.74, 6) is -0.736. The van der Waals surface area contributed by atoms with Gasteiger partial charge in [-0.25, -0.2) is 0 Å². The highest BCUT2D eigenvalue weighted by atomic mass is 35.5. The molecule has 0 amide bonds. The molecule has 31 heavy (non-hydrogen) atoms. The van der Waals surface area contributed by atoms with Crippen molar-refractivity contribution in [1.82, 2.24) is 4.98 Å². The van der Waals surface area contributed by atoms with E-state index in [1.165, 1.54) is 42.7 Å². The fraction of sp³-hybridized carbons (Fsp3) is 0.333. The summed E-state index contributed by atoms with van der Waals surface area (Å²) in [5, 5.41) is 7.75. The number of aliphatic hydroxyl groups is 1. The van der Waals surface area contributed by atoms with E-state index in [9.17, 15) is 28.8 Å². The van der Waals surface area contributed by atoms with Gasteiger partial charge in [-0.05, 0) is 36.2 Å². The van der Waals surface area contributed by atoms with Crippen LogP contribution in [0.3, 0.4) is 0 Å². The van der Waals surface area contributed by atoms with Crippen molar-refractivity contribution in [3.05, 3.63) is 58.9 Å². The molecule has 0 bridgehead atoms. The molecule has 168 valence electrons. The lowest BCUT2D eigenvalue weighted by atomic mass is 10.2. The second-order valence-electron chi connectivity index (χ2n) is 6.80. The number of pyridine rings is 1. The molecule has 0 aliphatic carbocycles. The summed E-state index contributed by atoms with van der Waals surface area (Å²) in [7, 11) is -10.4. The second-order valence-corrected chi connectivity index (χ2v) is 11.6. The first kappa shape index (κ1) is 24.0. The van der Waals surface area contributed by atoms with Gasteiger partial charge < -0.3 is 19.6 Å². The van der Waals surface area contributed by atoms with Crippen molar-refractivity contribution < 1.29 is 42.6 Å². The summed E-state index contributed by atoms with van der Waals surface area (Å²) in [6.07, 6.45) is 0.640. The minimum Gasteiger partial charge on any atom is -0.426 e. The van der Waals surface area contributed by atoms with Crippen LogP contribution >= 0.6 is 26.8 Å². The van der Waals surface area contributed by atoms with Gasteiger partial charge in [-0.1, -0.05) is 24.6 Å². The number of esters is 1. The summed E-state index contributed by atoms with van der Waals surface area (Å²) in [4.78, 5) is 36.6. The van der Waals surface area contributed by atoms with Crippen LogP contribution in [0.5, 0.6) is 5.75 Å². The molecular weight excluding hydrogens is 472 g/mol. The molecule has 3 N–H and O–H groups in total. The van der Waals surface area contributed by atoms with Crippen LogP contribution < -0.4 is 4.74 Å². The zero-order valence-electron chi connectivity index (χ0n) is 16.3. The van der Waals surface area contributed by atoms with Gasteiger partial charge in [0, 0.05) is 30.3 Å². The first-order valence-electron chi connectivity index (χ1n) is 9.13. The fourth-order valence-electron chi connectivity index (χ4n) is 2.87. The molecule has 1 aromatic carbocycles. The Kier molecular flexibility index (Phi) is 7.05. The third-order valence-electron chi connectivity index (χ3n) is 4.45. The number of benzene rings is 1. The number of carbonyl (C=O) groups excluding carboxylic acids is 1. The first-order chi connectivity index (χ1) is 14.5. The van der Waals surface area contributed by atoms with E-state index in [0.29, 0.717) is 6.42 Å². The van der Waals surface area contributed by atoms with E-state index in [1.807, 2.05) is 0 Å². The Morgan fingerprint density at radius 1 is 1.26 bits per heavy atom. The van der Waals surface area contributed by atoms with Crippen LogP contribution in [0.15, 0.2) is 42.7 Å². The maximum absolute atomic E-state index is 12.9. The van der Waals surface area contributed by atoms with E-state index in [0.717, 1.165) is 0 Å². The molecule has 1 fully saturated rings. The number of aromatic nitrogens is 1. The number of hydrogen-bond donors (Lipinski definition) is 3. The maximum atomic E-state index is 12.9. The summed E-state index contributed by atoms with van der Waals surface area (Å²) < 4.78 is 41.2. The quantitative estimate of drug-likeness (QED) is 0.309. The Hall–Kier alpha value is -1.61. The monoisotopic (exact) mass is 491 g/mol. The Balaban J connectivity index is 1.98. The second kappa shape index (κ2) is 9.10. The third-order valence-corrected chi connectivity index (χ3v) is 9.28. The predicted molar refractivity (Wildman–Crippen MR) is 109 cm³/mol. The van der Waals surface area contributed by atoms with Crippen molar-refractivity contribution in [3.63, 3.8) is 0 Å². The van der Waals surface area contributed by atoms with Gasteiger partial charge in [0.05, 0.1) is 5.56 Å². The number of nitrogens with zero attached hydrogens (tertiary/aromatic N) is 1. The van der Waals surface area contributed by atoms with Gasteiger partial charge in [0.1, 0.15) is 5.75 Å². The average Bonchev–Trinajstić information content (AvgIpc) is 2.68. The normalized spacial score (nSPS) is 30.7. The SMILES string of the molecule is CCCC(=O)Oc1ccc(Cl)cc1C1OP(=O)(O)C(O)(Cc2cccnc2)P(=O)(O)O1. The molecule has 2 atom stereocenters. The summed E-state index contributed by atoms with van der Waals surface area (Å²) in [6.45, 7) is 1.77. The molecule has 0 spiro atoms. The highest BCUT2D eigenvalue weighted by molar-refractivity contribution is 7.73. The Morgan fingerprint density at radius 3 is 2.52 bits per heavy atom. The third kappa shape index (κ3) is 4.92. The van der Waals surface area contributed by atoms with E-state index in [1.54, 1.807) is 6.92 Å². The van der Waals surface area contributed by atoms with E-state index in [-0.39, 0.29) is 28.3 Å². The largest absolute Gasteiger partial charge is 0.426 e. The lowest BCUT2D eigenvalue weighted by molar-refractivity contribution is -0.134. The van der Waals surface area contributed by atoms with Crippen LogP contribution in [0.25, 0.3) is 0 Å². The van der Waals surface area contributed by atoms with Crippen molar-refractivity contribution in [2.45, 2.75) is 37.6 Å². The van der Waals surface area contributed by atoms with Gasteiger partial charge in [0.25, 0.3) is 5.08 Å². The van der Waals surface area contributed by atoms with E-state index >= 15 is 0 Å². The van der Waals surface area contributed by atoms with Crippen molar-refractivity contribution in [2.75, 3.05) is 0 Å². The molecule has 1 aliphatic heterocycles. The predicted octanol–water partition coefficient (Wildman–Crippen LogP) is 3.75. The summed E-state index contributed by atoms with van der Waals surface area (Å²) in [6, 6.07) is 6.81. The van der Waals surface area contributed by atoms with E-state index < -0.39 is 39.0 Å². The van der Waals surface area contributed by atoms with Crippen LogP contribution in [0.4, 0.5) is 0 Å². The molecule has 2 unspecified atom stereocenters. The summed E-state index contributed by atoms with van der Waals surface area (Å²) >= 11 is 5.97. The zero-order chi connectivity index (χ0) is 22.9. The van der Waals surface area contributed by atoms with Crippen LogP contribution in [0.1, 0.15) is 37.2 Å². The number of halogens is 1.